The van der Waals surface area contributed by atoms with Crippen LogP contribution in [0.5, 0.6) is 5.75 Å². The van der Waals surface area contributed by atoms with Crippen molar-refractivity contribution in [2.75, 3.05) is 5.73 Å². The minimum Gasteiger partial charge on any atom is -0.399 e. The van der Waals surface area contributed by atoms with Gasteiger partial charge < -0.3 is 9.92 Å². The molecule has 0 spiro atoms. The summed E-state index contributed by atoms with van der Waals surface area (Å²) in [6.45, 7) is 1.85. The Bertz CT molecular complexity index is 1170. The highest BCUT2D eigenvalue weighted by atomic mass is 32.2. The lowest BCUT2D eigenvalue weighted by atomic mass is 10.2. The Hall–Kier alpha value is -2.84. The van der Waals surface area contributed by atoms with E-state index in [1.165, 1.54) is 54.6 Å². The first kappa shape index (κ1) is 18.9. The van der Waals surface area contributed by atoms with Crippen molar-refractivity contribution in [2.24, 2.45) is 0 Å². The van der Waals surface area contributed by atoms with E-state index in [4.69, 9.17) is 9.92 Å². The van der Waals surface area contributed by atoms with Crippen molar-refractivity contribution < 1.29 is 21.0 Å². The van der Waals surface area contributed by atoms with Crippen molar-refractivity contribution >= 4 is 25.6 Å². The van der Waals surface area contributed by atoms with Crippen LogP contribution in [0.4, 0.5) is 5.69 Å². The molecule has 0 fully saturated rings. The summed E-state index contributed by atoms with van der Waals surface area (Å²) in [7, 11) is -8.06. The smallest absolute Gasteiger partial charge is 0.339 e. The standard InChI is InChI=1S/C19H17NO5S2/c1-14-5-11-17(12-6-14)26(21,22)18-3-2-4-19(13-18)27(23,24)25-16-9-7-15(20)8-10-16/h2-13H,20H2,1H3. The summed E-state index contributed by atoms with van der Waals surface area (Å²) in [5.41, 5.74) is 6.94. The molecular formula is C19H17NO5S2. The SMILES string of the molecule is Cc1ccc(S(=O)(=O)c2cccc(S(=O)(=O)Oc3ccc(N)cc3)c2)cc1. The van der Waals surface area contributed by atoms with Crippen LogP contribution in [0.15, 0.2) is 87.5 Å². The van der Waals surface area contributed by atoms with Crippen LogP contribution in [-0.2, 0) is 20.0 Å². The minimum absolute atomic E-state index is 0.0796. The third kappa shape index (κ3) is 4.12. The van der Waals surface area contributed by atoms with Crippen LogP contribution >= 0.6 is 0 Å². The topological polar surface area (TPSA) is 104 Å². The fourth-order valence-corrected chi connectivity index (χ4v) is 4.71. The number of anilines is 1. The van der Waals surface area contributed by atoms with Crippen LogP contribution in [0.25, 0.3) is 0 Å². The molecule has 0 aromatic heterocycles. The first-order chi connectivity index (χ1) is 12.7. The Labute approximate surface area is 158 Å². The summed E-state index contributed by atoms with van der Waals surface area (Å²) in [6.07, 6.45) is 0. The van der Waals surface area contributed by atoms with Gasteiger partial charge in [-0.2, -0.15) is 8.42 Å². The van der Waals surface area contributed by atoms with Gasteiger partial charge in [-0.25, -0.2) is 8.42 Å². The third-order valence-corrected chi connectivity index (χ3v) is 6.83. The first-order valence-corrected chi connectivity index (χ1v) is 10.8. The van der Waals surface area contributed by atoms with Gasteiger partial charge in [0.25, 0.3) is 0 Å². The van der Waals surface area contributed by atoms with Crippen LogP contribution in [0.1, 0.15) is 5.56 Å². The number of hydrogen-bond acceptors (Lipinski definition) is 6. The number of sulfone groups is 1. The van der Waals surface area contributed by atoms with E-state index in [-0.39, 0.29) is 20.4 Å². The number of aryl methyl sites for hydroxylation is 1. The quantitative estimate of drug-likeness (QED) is 0.518. The Balaban J connectivity index is 1.97. The van der Waals surface area contributed by atoms with Gasteiger partial charge >= 0.3 is 10.1 Å². The molecule has 140 valence electrons. The third-order valence-electron chi connectivity index (χ3n) is 3.82. The fraction of sp³-hybridized carbons (Fsp3) is 0.0526. The Kier molecular flexibility index (Phi) is 4.95. The van der Waals surface area contributed by atoms with Crippen molar-refractivity contribution in [2.45, 2.75) is 21.6 Å². The van der Waals surface area contributed by atoms with Crippen LogP contribution in [0, 0.1) is 6.92 Å². The monoisotopic (exact) mass is 403 g/mol. The molecule has 8 heteroatoms. The highest BCUT2D eigenvalue weighted by Crippen LogP contribution is 2.25. The number of nitrogens with two attached hydrogens (primary N) is 1. The predicted octanol–water partition coefficient (Wildman–Crippen LogP) is 3.18. The van der Waals surface area contributed by atoms with E-state index in [9.17, 15) is 16.8 Å². The molecule has 3 rings (SSSR count). The van der Waals surface area contributed by atoms with E-state index >= 15 is 0 Å². The first-order valence-electron chi connectivity index (χ1n) is 7.90. The zero-order chi connectivity index (χ0) is 19.7. The zero-order valence-electron chi connectivity index (χ0n) is 14.4. The highest BCUT2D eigenvalue weighted by Gasteiger charge is 2.22. The number of hydrogen-bond donors (Lipinski definition) is 1. The van der Waals surface area contributed by atoms with Crippen molar-refractivity contribution in [3.8, 4) is 5.75 Å². The van der Waals surface area contributed by atoms with Gasteiger partial charge in [0.2, 0.25) is 9.84 Å². The van der Waals surface area contributed by atoms with Crippen LogP contribution in [0.3, 0.4) is 0 Å². The Morgan fingerprint density at radius 2 is 1.33 bits per heavy atom. The Morgan fingerprint density at radius 1 is 0.741 bits per heavy atom. The predicted molar refractivity (Wildman–Crippen MR) is 102 cm³/mol. The summed E-state index contributed by atoms with van der Waals surface area (Å²) < 4.78 is 55.6. The maximum absolute atomic E-state index is 12.8. The maximum atomic E-state index is 12.8. The number of benzene rings is 3. The molecule has 27 heavy (non-hydrogen) atoms. The summed E-state index contributed by atoms with van der Waals surface area (Å²) in [5.74, 6) is 0.0796. The van der Waals surface area contributed by atoms with E-state index in [0.29, 0.717) is 5.69 Å². The second-order valence-electron chi connectivity index (χ2n) is 5.90. The molecule has 0 bridgehead atoms. The molecule has 0 atom stereocenters. The molecule has 0 saturated heterocycles. The van der Waals surface area contributed by atoms with Gasteiger partial charge in [-0.05, 0) is 61.5 Å². The second kappa shape index (κ2) is 7.05. The van der Waals surface area contributed by atoms with Gasteiger partial charge in [-0.3, -0.25) is 0 Å². The van der Waals surface area contributed by atoms with Crippen molar-refractivity contribution in [1.82, 2.24) is 0 Å². The van der Waals surface area contributed by atoms with E-state index in [0.717, 1.165) is 11.6 Å². The summed E-state index contributed by atoms with van der Waals surface area (Å²) in [6, 6.07) is 17.2. The molecule has 0 aliphatic carbocycles. The molecule has 0 saturated carbocycles. The summed E-state index contributed by atoms with van der Waals surface area (Å²) in [5, 5.41) is 0. The molecule has 3 aromatic rings. The highest BCUT2D eigenvalue weighted by molar-refractivity contribution is 7.91. The molecule has 6 nitrogen and oxygen atoms in total. The van der Waals surface area contributed by atoms with Gasteiger partial charge in [-0.15, -0.1) is 0 Å². The molecule has 0 aliphatic rings. The van der Waals surface area contributed by atoms with E-state index in [1.54, 1.807) is 12.1 Å². The van der Waals surface area contributed by atoms with Crippen LogP contribution < -0.4 is 9.92 Å². The largest absolute Gasteiger partial charge is 0.399 e. The zero-order valence-corrected chi connectivity index (χ0v) is 16.0. The second-order valence-corrected chi connectivity index (χ2v) is 9.39. The lowest BCUT2D eigenvalue weighted by Crippen LogP contribution is -2.11. The molecule has 0 radical (unpaired) electrons. The lowest BCUT2D eigenvalue weighted by Gasteiger charge is -2.09. The number of rotatable bonds is 5. The van der Waals surface area contributed by atoms with Gasteiger partial charge in [0.15, 0.2) is 0 Å². The van der Waals surface area contributed by atoms with E-state index in [2.05, 4.69) is 0 Å². The average molecular weight is 403 g/mol. The molecule has 0 aliphatic heterocycles. The Morgan fingerprint density at radius 3 is 1.96 bits per heavy atom. The average Bonchev–Trinajstić information content (AvgIpc) is 2.64. The van der Waals surface area contributed by atoms with Gasteiger partial charge in [0.05, 0.1) is 9.79 Å². The maximum Gasteiger partial charge on any atom is 0.339 e. The van der Waals surface area contributed by atoms with E-state index < -0.39 is 20.0 Å². The normalized spacial score (nSPS) is 11.9. The molecule has 3 aromatic carbocycles. The van der Waals surface area contributed by atoms with Gasteiger partial charge in [0, 0.05) is 5.69 Å². The van der Waals surface area contributed by atoms with Crippen molar-refractivity contribution in [3.63, 3.8) is 0 Å². The van der Waals surface area contributed by atoms with Crippen LogP contribution in [-0.4, -0.2) is 16.8 Å². The van der Waals surface area contributed by atoms with Crippen LogP contribution in [0.2, 0.25) is 0 Å². The van der Waals surface area contributed by atoms with Crippen molar-refractivity contribution in [3.05, 3.63) is 78.4 Å². The molecular weight excluding hydrogens is 386 g/mol. The van der Waals surface area contributed by atoms with Crippen molar-refractivity contribution in [1.29, 1.82) is 0 Å². The molecule has 2 N–H and O–H groups in total. The fourth-order valence-electron chi connectivity index (χ4n) is 2.35. The van der Waals surface area contributed by atoms with Gasteiger partial charge in [-0.1, -0.05) is 23.8 Å². The molecule has 0 unspecified atom stereocenters. The molecule has 0 amide bonds. The van der Waals surface area contributed by atoms with E-state index in [1.807, 2.05) is 6.92 Å². The lowest BCUT2D eigenvalue weighted by molar-refractivity contribution is 0.486. The molecule has 0 heterocycles. The van der Waals surface area contributed by atoms with Gasteiger partial charge in [0.1, 0.15) is 10.6 Å². The summed E-state index contributed by atoms with van der Waals surface area (Å²) >= 11 is 0. The number of nitrogen functional groups attached to an aromatic ring is 1. The summed E-state index contributed by atoms with van der Waals surface area (Å²) in [4.78, 5) is -0.303. The minimum atomic E-state index is -4.20.